The third-order valence-corrected chi connectivity index (χ3v) is 19.6. The quantitative estimate of drug-likeness (QED) is 0.0914. The Bertz CT molecular complexity index is 5020. The molecule has 29 heteroatoms. The first kappa shape index (κ1) is 72.0. The van der Waals surface area contributed by atoms with Crippen LogP contribution in [0.5, 0.6) is 0 Å². The number of nitrogens with one attached hydrogen (secondary N) is 1. The highest BCUT2D eigenvalue weighted by molar-refractivity contribution is 7.90. The van der Waals surface area contributed by atoms with E-state index >= 15 is 0 Å². The summed E-state index contributed by atoms with van der Waals surface area (Å²) in [4.78, 5) is 71.6. The predicted octanol–water partition coefficient (Wildman–Crippen LogP) is 8.26. The third kappa shape index (κ3) is 15.7. The molecule has 0 radical (unpaired) electrons. The van der Waals surface area contributed by atoms with Crippen LogP contribution in [0, 0.1) is 17.5 Å². The molecule has 9 heterocycles. The molecule has 0 aliphatic carbocycles. The van der Waals surface area contributed by atoms with Crippen LogP contribution >= 0.6 is 0 Å². The second kappa shape index (κ2) is 29.9. The van der Waals surface area contributed by atoms with Crippen molar-refractivity contribution in [3.63, 3.8) is 0 Å². The zero-order valence-electron chi connectivity index (χ0n) is 57.4. The van der Waals surface area contributed by atoms with E-state index in [1.165, 1.54) is 78.6 Å². The number of nitrogens with zero attached hydrogens (tertiary/aromatic N) is 15. The van der Waals surface area contributed by atoms with Gasteiger partial charge in [-0.2, -0.15) is 0 Å². The Morgan fingerprint density at radius 3 is 1.02 bits per heavy atom. The fourth-order valence-electron chi connectivity index (χ4n) is 12.3. The van der Waals surface area contributed by atoms with Gasteiger partial charge in [-0.15, -0.1) is 0 Å². The van der Waals surface area contributed by atoms with Gasteiger partial charge in [0.2, 0.25) is 35.9 Å². The Morgan fingerprint density at radius 2 is 0.723 bits per heavy atom. The molecule has 101 heavy (non-hydrogen) atoms. The number of hydrogen-bond acceptors (Lipinski definition) is 18. The topological polar surface area (TPSA) is 274 Å². The predicted molar refractivity (Wildman–Crippen MR) is 382 cm³/mol. The van der Waals surface area contributed by atoms with E-state index in [-0.39, 0.29) is 63.0 Å². The van der Waals surface area contributed by atoms with Crippen molar-refractivity contribution in [1.29, 1.82) is 0 Å². The molecule has 5 aromatic carbocycles. The number of likely N-dealkylation sites (N-methyl/N-ethyl adjacent to an activating group) is 3. The Labute approximate surface area is 582 Å². The summed E-state index contributed by atoms with van der Waals surface area (Å²) in [5.41, 5.74) is 13.4. The van der Waals surface area contributed by atoms with E-state index in [1.54, 1.807) is 44.5 Å². The fourth-order valence-corrected chi connectivity index (χ4v) is 13.3. The number of nitrogens with two attached hydrogens (primary N) is 1. The van der Waals surface area contributed by atoms with Gasteiger partial charge in [0.1, 0.15) is 17.5 Å². The largest absolute Gasteiger partial charge is 0.348 e. The number of aromatic nitrogens is 12. The molecule has 3 aliphatic rings. The second-order valence-corrected chi connectivity index (χ2v) is 29.5. The van der Waals surface area contributed by atoms with E-state index in [4.69, 9.17) is 10.7 Å². The molecule has 0 saturated heterocycles. The van der Waals surface area contributed by atoms with Crippen molar-refractivity contribution >= 4 is 25.6 Å². The van der Waals surface area contributed by atoms with Crippen molar-refractivity contribution in [2.24, 2.45) is 5.73 Å². The van der Waals surface area contributed by atoms with Gasteiger partial charge in [-0.05, 0) is 139 Å². The molecule has 0 amide bonds. The lowest BCUT2D eigenvalue weighted by molar-refractivity contribution is 0.283. The summed E-state index contributed by atoms with van der Waals surface area (Å²) in [7, 11) is 4.54. The van der Waals surface area contributed by atoms with Crippen LogP contribution in [0.1, 0.15) is 37.1 Å². The van der Waals surface area contributed by atoms with Crippen molar-refractivity contribution in [1.82, 2.24) is 72.7 Å². The summed E-state index contributed by atoms with van der Waals surface area (Å²) < 4.78 is 98.9. The number of rotatable bonds is 15. The summed E-state index contributed by atoms with van der Waals surface area (Å²) in [6, 6.07) is 43.0. The van der Waals surface area contributed by atoms with Crippen molar-refractivity contribution in [2.75, 3.05) is 60.1 Å². The van der Waals surface area contributed by atoms with Crippen LogP contribution in [0.25, 0.3) is 67.5 Å². The maximum atomic E-state index is 13.6. The van der Waals surface area contributed by atoms with E-state index in [2.05, 4.69) is 54.2 Å². The highest BCUT2D eigenvalue weighted by atomic mass is 32.2. The van der Waals surface area contributed by atoms with E-state index in [1.807, 2.05) is 128 Å². The molecule has 14 rings (SSSR count). The van der Waals surface area contributed by atoms with Gasteiger partial charge in [-0.1, -0.05) is 97.1 Å². The lowest BCUT2D eigenvalue weighted by Crippen LogP contribution is -2.31. The minimum atomic E-state index is -3.62. The molecule has 5 atom stereocenters. The molecule has 3 unspecified atom stereocenters. The number of hydrogen-bond donors (Lipinski definition) is 2. The van der Waals surface area contributed by atoms with Crippen LogP contribution in [0.3, 0.4) is 0 Å². The van der Waals surface area contributed by atoms with Gasteiger partial charge in [0.15, 0.2) is 0 Å². The SMILES string of the molecule is CN(C)C1Cn2c(-c3ccnc(S(C)(=O)=O)n3)c(-c3ccc(F)cc3)c(=O)n2C1.CN(C)C1Cn2c(-c3ccnc(S(C)(=O)=O)n3)c(-c3ccc(F)cc3)c(=O)n2C1.C[C@H](N)c1ccccc1.C[C@H](Nc1nccc(-c2c(-c3ccc(F)cc3)c(=O)n3n2CC(N(C)C)C3)n1)c1ccccc1. The first-order chi connectivity index (χ1) is 48.1. The zero-order chi connectivity index (χ0) is 72.4. The lowest BCUT2D eigenvalue weighted by Gasteiger charge is -2.18. The first-order valence-electron chi connectivity index (χ1n) is 32.4. The number of halogens is 3. The van der Waals surface area contributed by atoms with Gasteiger partial charge in [0.25, 0.3) is 16.7 Å². The smallest absolute Gasteiger partial charge is 0.275 e. The number of benzene rings is 5. The standard InChI is InChI=1S/C26H27FN6O.2C19H20FN5O3S.C8H11N/c1-17(18-7-5-4-6-8-18)29-26-28-14-13-22(30-26)24-23(19-9-11-20(27)12-10-19)25(34)33-16-21(31(2)3)15-32(24)33;2*1-23(2)14-10-24-17(15-8-9-21-19(22-15)29(3,27)28)16(18(26)25(24)11-14)12-4-6-13(20)7-5-12;1-7(9)8-5-3-2-4-6-8/h4-14,17,21H,15-16H2,1-3H3,(H,28,29,30);2*4-9,14H,10-11H2,1-3H3;2-7H,9H2,1H3/t17-,21?;;;7-/m0..0/s1. The first-order valence-corrected chi connectivity index (χ1v) is 36.1. The Kier molecular flexibility index (Phi) is 21.3. The molecule has 0 fully saturated rings. The molecule has 24 nitrogen and oxygen atoms in total. The van der Waals surface area contributed by atoms with Gasteiger partial charge in [-0.25, -0.2) is 74.0 Å². The average molecular weight is 1410 g/mol. The van der Waals surface area contributed by atoms with Crippen LogP contribution in [-0.2, 0) is 58.9 Å². The minimum Gasteiger partial charge on any atom is -0.348 e. The Morgan fingerprint density at radius 1 is 0.426 bits per heavy atom. The molecule has 3 N–H and O–H groups in total. The molecule has 0 bridgehead atoms. The van der Waals surface area contributed by atoms with Crippen LogP contribution < -0.4 is 27.7 Å². The average Bonchev–Trinajstić information content (AvgIpc) is 1.60. The van der Waals surface area contributed by atoms with Gasteiger partial charge in [0, 0.05) is 55.3 Å². The van der Waals surface area contributed by atoms with E-state index < -0.39 is 31.3 Å². The number of fused-ring (bicyclic) bond motifs is 3. The number of sulfone groups is 2. The third-order valence-electron chi connectivity index (χ3n) is 17.9. The maximum absolute atomic E-state index is 13.6. The summed E-state index contributed by atoms with van der Waals surface area (Å²) >= 11 is 0. The molecule has 11 aromatic rings. The molecule has 6 aromatic heterocycles. The van der Waals surface area contributed by atoms with Gasteiger partial charge < -0.3 is 25.8 Å². The van der Waals surface area contributed by atoms with Crippen LogP contribution in [-0.4, -0.2) is 162 Å². The summed E-state index contributed by atoms with van der Waals surface area (Å²) in [5.74, 6) is -0.672. The molecule has 526 valence electrons. The summed E-state index contributed by atoms with van der Waals surface area (Å²) in [6.45, 7) is 7.34. The minimum absolute atomic E-state index is 0.00798. The van der Waals surface area contributed by atoms with E-state index in [9.17, 15) is 44.4 Å². The highest BCUT2D eigenvalue weighted by Gasteiger charge is 2.36. The van der Waals surface area contributed by atoms with Crippen LogP contribution in [0.15, 0.2) is 195 Å². The maximum Gasteiger partial charge on any atom is 0.275 e. The number of anilines is 1. The Hall–Kier alpha value is -10.3. The van der Waals surface area contributed by atoms with Gasteiger partial charge >= 0.3 is 0 Å². The fraction of sp³-hybridized carbons (Fsp3) is 0.292. The molecule has 0 saturated carbocycles. The van der Waals surface area contributed by atoms with Crippen molar-refractivity contribution in [2.45, 2.75) is 93.6 Å². The Balaban J connectivity index is 0.000000144. The normalized spacial score (nSPS) is 16.0. The van der Waals surface area contributed by atoms with Crippen molar-refractivity contribution in [3.05, 3.63) is 230 Å². The summed E-state index contributed by atoms with van der Waals surface area (Å²) in [5, 5.41) is 2.74. The lowest BCUT2D eigenvalue weighted by atomic mass is 10.0. The van der Waals surface area contributed by atoms with Crippen molar-refractivity contribution in [3.8, 4) is 67.5 Å². The van der Waals surface area contributed by atoms with Gasteiger partial charge in [0.05, 0.1) is 96.2 Å². The van der Waals surface area contributed by atoms with E-state index in [0.29, 0.717) is 107 Å². The molecular formula is C72H78F3N17O7S2. The highest BCUT2D eigenvalue weighted by Crippen LogP contribution is 2.36. The van der Waals surface area contributed by atoms with Gasteiger partial charge in [-0.3, -0.25) is 28.4 Å². The summed E-state index contributed by atoms with van der Waals surface area (Å²) in [6.07, 6.45) is 6.49. The molecular weight excluding hydrogens is 1340 g/mol. The van der Waals surface area contributed by atoms with E-state index in [0.717, 1.165) is 23.8 Å². The second-order valence-electron chi connectivity index (χ2n) is 25.7. The van der Waals surface area contributed by atoms with Crippen molar-refractivity contribution < 1.29 is 30.0 Å². The molecule has 0 spiro atoms. The molecule has 3 aliphatic heterocycles. The van der Waals surface area contributed by atoms with Crippen LogP contribution in [0.2, 0.25) is 0 Å². The zero-order valence-corrected chi connectivity index (χ0v) is 59.0. The monoisotopic (exact) mass is 1410 g/mol. The van der Waals surface area contributed by atoms with Crippen LogP contribution in [0.4, 0.5) is 19.1 Å².